The van der Waals surface area contributed by atoms with Gasteiger partial charge in [-0.05, 0) is 42.7 Å². The molecule has 0 radical (unpaired) electrons. The van der Waals surface area contributed by atoms with Crippen molar-refractivity contribution >= 4 is 73.8 Å². The van der Waals surface area contributed by atoms with Crippen LogP contribution in [0, 0.1) is 0 Å². The van der Waals surface area contributed by atoms with Crippen molar-refractivity contribution in [3.05, 3.63) is 59.1 Å². The fraction of sp³-hybridized carbons (Fsp3) is 0.0476. The van der Waals surface area contributed by atoms with Crippen LogP contribution in [0.25, 0.3) is 26.4 Å². The lowest BCUT2D eigenvalue weighted by Gasteiger charge is -2.09. The maximum absolute atomic E-state index is 12.3. The van der Waals surface area contributed by atoms with Crippen molar-refractivity contribution in [1.82, 2.24) is 19.6 Å². The summed E-state index contributed by atoms with van der Waals surface area (Å²) in [6.45, 7) is 0. The monoisotopic (exact) mass is 481 g/mol. The van der Waals surface area contributed by atoms with Crippen molar-refractivity contribution in [3.8, 4) is 10.6 Å². The van der Waals surface area contributed by atoms with Crippen LogP contribution < -0.4 is 16.8 Å². The van der Waals surface area contributed by atoms with E-state index in [9.17, 15) is 4.79 Å². The van der Waals surface area contributed by atoms with Gasteiger partial charge in [-0.3, -0.25) is 4.79 Å². The van der Waals surface area contributed by atoms with E-state index in [1.165, 1.54) is 23.1 Å². The second-order valence-electron chi connectivity index (χ2n) is 6.82. The molecule has 5 rings (SSSR count). The van der Waals surface area contributed by atoms with E-state index in [0.29, 0.717) is 21.3 Å². The summed E-state index contributed by atoms with van der Waals surface area (Å²) < 4.78 is 2.62. The van der Waals surface area contributed by atoms with Crippen LogP contribution in [0.2, 0.25) is 5.02 Å². The standard InChI is InChI=1S/C21H16ClN7OS2/c1-31-21-14(20-26-12-4-2-3-5-13(12)32-20)16(23)27-19-15(17(24)30)18(28-29(19)21)25-11-8-6-10(22)7-9-11/h2-9H,1H3,(H2,23,27)(H2,24,30)(H,25,28). The first-order valence-corrected chi connectivity index (χ1v) is 11.8. The van der Waals surface area contributed by atoms with Crippen LogP contribution in [0.1, 0.15) is 10.4 Å². The number of halogens is 1. The number of carbonyl (C=O) groups excluding carboxylic acids is 1. The molecule has 0 atom stereocenters. The van der Waals surface area contributed by atoms with Gasteiger partial charge in [0, 0.05) is 10.7 Å². The number of hydrogen-bond donors (Lipinski definition) is 3. The number of thioether (sulfide) groups is 1. The number of hydrogen-bond acceptors (Lipinski definition) is 8. The lowest BCUT2D eigenvalue weighted by molar-refractivity contribution is 0.100. The molecule has 0 aliphatic carbocycles. The summed E-state index contributed by atoms with van der Waals surface area (Å²) in [5.41, 5.74) is 14.7. The number of fused-ring (bicyclic) bond motifs is 2. The van der Waals surface area contributed by atoms with Crippen LogP contribution in [-0.4, -0.2) is 31.7 Å². The Hall–Kier alpha value is -3.34. The number of anilines is 3. The largest absolute Gasteiger partial charge is 0.383 e. The molecule has 0 spiro atoms. The number of carbonyl (C=O) groups is 1. The van der Waals surface area contributed by atoms with Gasteiger partial charge in [0.25, 0.3) is 5.91 Å². The third kappa shape index (κ3) is 3.42. The molecule has 0 saturated heterocycles. The Bertz CT molecular complexity index is 1460. The molecule has 2 aromatic carbocycles. The van der Waals surface area contributed by atoms with Gasteiger partial charge < -0.3 is 16.8 Å². The molecule has 1 amide bonds. The predicted octanol–water partition coefficient (Wildman–Crippen LogP) is 4.81. The van der Waals surface area contributed by atoms with E-state index in [2.05, 4.69) is 15.4 Å². The van der Waals surface area contributed by atoms with Crippen molar-refractivity contribution in [1.29, 1.82) is 0 Å². The molecule has 0 aliphatic rings. The van der Waals surface area contributed by atoms with E-state index in [1.807, 2.05) is 30.5 Å². The van der Waals surface area contributed by atoms with Gasteiger partial charge in [-0.1, -0.05) is 23.7 Å². The third-order valence-corrected chi connectivity index (χ3v) is 6.87. The molecular weight excluding hydrogens is 466 g/mol. The number of para-hydroxylation sites is 1. The van der Waals surface area contributed by atoms with Crippen molar-refractivity contribution in [2.45, 2.75) is 5.03 Å². The predicted molar refractivity (Wildman–Crippen MR) is 131 cm³/mol. The van der Waals surface area contributed by atoms with Crippen molar-refractivity contribution < 1.29 is 4.79 Å². The molecule has 0 unspecified atom stereocenters. The molecular formula is C21H16ClN7OS2. The Morgan fingerprint density at radius 3 is 2.59 bits per heavy atom. The number of nitrogens with one attached hydrogen (secondary N) is 1. The minimum absolute atomic E-state index is 0.151. The summed E-state index contributed by atoms with van der Waals surface area (Å²) >= 11 is 8.92. The highest BCUT2D eigenvalue weighted by atomic mass is 35.5. The SMILES string of the molecule is CSc1c(-c2nc3ccccc3s2)c(N)nc2c(C(N)=O)c(Nc3ccc(Cl)cc3)nn12. The van der Waals surface area contributed by atoms with Crippen LogP contribution in [-0.2, 0) is 0 Å². The van der Waals surface area contributed by atoms with Gasteiger partial charge in [-0.2, -0.15) is 0 Å². The number of benzene rings is 2. The summed E-state index contributed by atoms with van der Waals surface area (Å²) in [5.74, 6) is -0.132. The van der Waals surface area contributed by atoms with E-state index >= 15 is 0 Å². The molecule has 32 heavy (non-hydrogen) atoms. The Morgan fingerprint density at radius 1 is 1.16 bits per heavy atom. The molecule has 3 heterocycles. The number of nitrogens with zero attached hydrogens (tertiary/aromatic N) is 4. The molecule has 11 heteroatoms. The van der Waals surface area contributed by atoms with E-state index in [4.69, 9.17) is 28.1 Å². The van der Waals surface area contributed by atoms with Crippen LogP contribution in [0.15, 0.2) is 53.6 Å². The van der Waals surface area contributed by atoms with Crippen LogP contribution in [0.5, 0.6) is 0 Å². The molecule has 0 saturated carbocycles. The van der Waals surface area contributed by atoms with E-state index in [-0.39, 0.29) is 22.8 Å². The first kappa shape index (κ1) is 20.6. The maximum Gasteiger partial charge on any atom is 0.256 e. The molecule has 5 N–H and O–H groups in total. The summed E-state index contributed by atoms with van der Waals surface area (Å²) in [4.78, 5) is 21.6. The van der Waals surface area contributed by atoms with Gasteiger partial charge in [-0.25, -0.2) is 14.5 Å². The summed E-state index contributed by atoms with van der Waals surface area (Å²) in [7, 11) is 0. The van der Waals surface area contributed by atoms with E-state index < -0.39 is 5.91 Å². The van der Waals surface area contributed by atoms with Gasteiger partial charge in [-0.15, -0.1) is 28.2 Å². The van der Waals surface area contributed by atoms with Crippen LogP contribution >= 0.6 is 34.7 Å². The number of rotatable bonds is 5. The summed E-state index contributed by atoms with van der Waals surface area (Å²) in [6.07, 6.45) is 1.91. The topological polar surface area (TPSA) is 124 Å². The number of primary amides is 1. The molecule has 5 aromatic rings. The Labute approximate surface area is 195 Å². The van der Waals surface area contributed by atoms with Crippen molar-refractivity contribution in [2.24, 2.45) is 5.73 Å². The van der Waals surface area contributed by atoms with Crippen LogP contribution in [0.3, 0.4) is 0 Å². The normalized spacial score (nSPS) is 11.3. The smallest absolute Gasteiger partial charge is 0.256 e. The molecule has 0 fully saturated rings. The zero-order valence-electron chi connectivity index (χ0n) is 16.7. The summed E-state index contributed by atoms with van der Waals surface area (Å²) in [6, 6.07) is 14.9. The second kappa shape index (κ2) is 7.97. The zero-order valence-corrected chi connectivity index (χ0v) is 19.1. The number of nitrogen functional groups attached to an aromatic ring is 1. The highest BCUT2D eigenvalue weighted by Gasteiger charge is 2.26. The fourth-order valence-electron chi connectivity index (χ4n) is 3.39. The maximum atomic E-state index is 12.3. The highest BCUT2D eigenvalue weighted by Crippen LogP contribution is 2.40. The van der Waals surface area contributed by atoms with Crippen LogP contribution in [0.4, 0.5) is 17.3 Å². The van der Waals surface area contributed by atoms with Gasteiger partial charge in [0.1, 0.15) is 21.4 Å². The van der Waals surface area contributed by atoms with Gasteiger partial charge in [0.2, 0.25) is 0 Å². The highest BCUT2D eigenvalue weighted by molar-refractivity contribution is 7.98. The lowest BCUT2D eigenvalue weighted by Crippen LogP contribution is -2.13. The quantitative estimate of drug-likeness (QED) is 0.243. The Kier molecular flexibility index (Phi) is 5.12. The average Bonchev–Trinajstić information content (AvgIpc) is 3.35. The van der Waals surface area contributed by atoms with Gasteiger partial charge in [0.05, 0.1) is 15.8 Å². The van der Waals surface area contributed by atoms with E-state index in [1.54, 1.807) is 28.8 Å². The fourth-order valence-corrected chi connectivity index (χ4v) is 5.31. The van der Waals surface area contributed by atoms with Crippen molar-refractivity contribution in [3.63, 3.8) is 0 Å². The first-order valence-electron chi connectivity index (χ1n) is 9.41. The Morgan fingerprint density at radius 2 is 1.91 bits per heavy atom. The second-order valence-corrected chi connectivity index (χ2v) is 9.09. The molecule has 3 aromatic heterocycles. The van der Waals surface area contributed by atoms with Gasteiger partial charge in [0.15, 0.2) is 11.5 Å². The molecule has 8 nitrogen and oxygen atoms in total. The molecule has 0 aliphatic heterocycles. The third-order valence-electron chi connectivity index (χ3n) is 4.80. The number of aromatic nitrogens is 4. The molecule has 0 bridgehead atoms. The van der Waals surface area contributed by atoms with Crippen molar-refractivity contribution in [2.75, 3.05) is 17.3 Å². The van der Waals surface area contributed by atoms with Gasteiger partial charge >= 0.3 is 0 Å². The average molecular weight is 482 g/mol. The first-order chi connectivity index (χ1) is 15.5. The minimum atomic E-state index is -0.664. The summed E-state index contributed by atoms with van der Waals surface area (Å²) in [5, 5.41) is 9.77. The number of thiazole rings is 1. The zero-order chi connectivity index (χ0) is 22.4. The number of nitrogens with two attached hydrogens (primary N) is 2. The lowest BCUT2D eigenvalue weighted by atomic mass is 10.2. The molecule has 160 valence electrons. The van der Waals surface area contributed by atoms with E-state index in [0.717, 1.165) is 15.2 Å². The Balaban J connectivity index is 1.73. The minimum Gasteiger partial charge on any atom is -0.383 e. The number of amides is 1.